The highest BCUT2D eigenvalue weighted by Crippen LogP contribution is 2.13. The van der Waals surface area contributed by atoms with E-state index in [1.54, 1.807) is 37.2 Å². The number of rotatable bonds is 6. The van der Waals surface area contributed by atoms with Crippen molar-refractivity contribution in [1.82, 2.24) is 9.88 Å². The minimum atomic E-state index is -0.338. The van der Waals surface area contributed by atoms with Crippen molar-refractivity contribution in [2.24, 2.45) is 0 Å². The molecular formula is C16H20N2O3S. The Bertz CT molecular complexity index is 692. The maximum absolute atomic E-state index is 12.8. The van der Waals surface area contributed by atoms with E-state index in [9.17, 15) is 9.59 Å². The molecule has 2 aromatic heterocycles. The predicted molar refractivity (Wildman–Crippen MR) is 87.5 cm³/mol. The van der Waals surface area contributed by atoms with E-state index in [1.165, 1.54) is 0 Å². The quantitative estimate of drug-likeness (QED) is 0.888. The van der Waals surface area contributed by atoms with Crippen molar-refractivity contribution < 1.29 is 9.53 Å². The number of pyridine rings is 1. The van der Waals surface area contributed by atoms with Gasteiger partial charge in [0, 0.05) is 25.9 Å². The summed E-state index contributed by atoms with van der Waals surface area (Å²) in [6, 6.07) is 3.79. The molecule has 0 radical (unpaired) electrons. The number of aromatic amines is 1. The molecule has 1 N–H and O–H groups in total. The zero-order valence-electron chi connectivity index (χ0n) is 13.0. The summed E-state index contributed by atoms with van der Waals surface area (Å²) in [6.45, 7) is 4.93. The maximum atomic E-state index is 12.8. The molecule has 0 aliphatic rings. The van der Waals surface area contributed by atoms with Crippen LogP contribution in [-0.2, 0) is 11.3 Å². The van der Waals surface area contributed by atoms with E-state index in [0.717, 1.165) is 11.3 Å². The third-order valence-electron chi connectivity index (χ3n) is 3.39. The van der Waals surface area contributed by atoms with E-state index < -0.39 is 0 Å². The SMILES string of the molecule is COCCN(Cc1ccsc1)C(=O)c1c(C)cc(C)[nH]c1=O. The van der Waals surface area contributed by atoms with Gasteiger partial charge in [0.25, 0.3) is 11.5 Å². The molecule has 1 amide bonds. The summed E-state index contributed by atoms with van der Waals surface area (Å²) in [4.78, 5) is 29.3. The molecule has 0 aliphatic carbocycles. The molecule has 0 aromatic carbocycles. The van der Waals surface area contributed by atoms with Crippen LogP contribution in [0.5, 0.6) is 0 Å². The summed E-state index contributed by atoms with van der Waals surface area (Å²) in [7, 11) is 1.59. The smallest absolute Gasteiger partial charge is 0.261 e. The number of methoxy groups -OCH3 is 1. The van der Waals surface area contributed by atoms with Crippen LogP contribution in [0.25, 0.3) is 0 Å². The van der Waals surface area contributed by atoms with Crippen LogP contribution in [0.3, 0.4) is 0 Å². The second-order valence-electron chi connectivity index (χ2n) is 5.19. The van der Waals surface area contributed by atoms with Gasteiger partial charge in [-0.1, -0.05) is 0 Å². The number of hydrogen-bond donors (Lipinski definition) is 1. The Hall–Kier alpha value is -1.92. The van der Waals surface area contributed by atoms with Gasteiger partial charge in [-0.05, 0) is 47.9 Å². The van der Waals surface area contributed by atoms with Gasteiger partial charge >= 0.3 is 0 Å². The lowest BCUT2D eigenvalue weighted by Crippen LogP contribution is -2.37. The number of carbonyl (C=O) groups excluding carboxylic acids is 1. The topological polar surface area (TPSA) is 62.4 Å². The van der Waals surface area contributed by atoms with Gasteiger partial charge in [0.1, 0.15) is 5.56 Å². The number of amides is 1. The molecule has 5 nitrogen and oxygen atoms in total. The third kappa shape index (κ3) is 3.84. The number of carbonyl (C=O) groups is 1. The van der Waals surface area contributed by atoms with E-state index in [4.69, 9.17) is 4.74 Å². The molecular weight excluding hydrogens is 300 g/mol. The highest BCUT2D eigenvalue weighted by molar-refractivity contribution is 7.07. The fourth-order valence-electron chi connectivity index (χ4n) is 2.33. The first-order chi connectivity index (χ1) is 10.5. The Balaban J connectivity index is 2.30. The van der Waals surface area contributed by atoms with Gasteiger partial charge in [0.2, 0.25) is 0 Å². The molecule has 22 heavy (non-hydrogen) atoms. The first-order valence-electron chi connectivity index (χ1n) is 7.02. The molecule has 2 heterocycles. The largest absolute Gasteiger partial charge is 0.383 e. The molecule has 0 atom stereocenters. The molecule has 0 saturated carbocycles. The van der Waals surface area contributed by atoms with Crippen molar-refractivity contribution in [3.05, 3.63) is 55.6 Å². The second-order valence-corrected chi connectivity index (χ2v) is 5.97. The molecule has 118 valence electrons. The molecule has 0 fully saturated rings. The van der Waals surface area contributed by atoms with Crippen molar-refractivity contribution in [3.8, 4) is 0 Å². The molecule has 0 saturated heterocycles. The summed E-state index contributed by atoms with van der Waals surface area (Å²) in [5, 5.41) is 3.97. The fourth-order valence-corrected chi connectivity index (χ4v) is 2.99. The van der Waals surface area contributed by atoms with Crippen LogP contribution in [0.4, 0.5) is 0 Å². The Morgan fingerprint density at radius 3 is 2.77 bits per heavy atom. The van der Waals surface area contributed by atoms with Crippen LogP contribution in [0, 0.1) is 13.8 Å². The zero-order chi connectivity index (χ0) is 16.1. The lowest BCUT2D eigenvalue weighted by molar-refractivity contribution is 0.0678. The van der Waals surface area contributed by atoms with Gasteiger partial charge in [-0.15, -0.1) is 0 Å². The van der Waals surface area contributed by atoms with Gasteiger partial charge in [-0.25, -0.2) is 0 Å². The molecule has 0 aliphatic heterocycles. The minimum absolute atomic E-state index is 0.205. The molecule has 0 unspecified atom stereocenters. The average molecular weight is 320 g/mol. The molecule has 6 heteroatoms. The van der Waals surface area contributed by atoms with Crippen LogP contribution in [-0.4, -0.2) is 36.1 Å². The number of H-pyrrole nitrogens is 1. The number of aryl methyl sites for hydroxylation is 2. The van der Waals surface area contributed by atoms with Crippen LogP contribution in [0.1, 0.15) is 27.2 Å². The Labute approximate surface area is 133 Å². The Morgan fingerprint density at radius 2 is 2.18 bits per heavy atom. The summed E-state index contributed by atoms with van der Waals surface area (Å²) < 4.78 is 5.08. The van der Waals surface area contributed by atoms with Gasteiger partial charge in [-0.3, -0.25) is 9.59 Å². The Kier molecular flexibility index (Phi) is 5.51. The zero-order valence-corrected chi connectivity index (χ0v) is 13.8. The van der Waals surface area contributed by atoms with Crippen LogP contribution in [0.15, 0.2) is 27.7 Å². The number of aromatic nitrogens is 1. The standard InChI is InChI=1S/C16H20N2O3S/c1-11-8-12(2)17-15(19)14(11)16(20)18(5-6-21-3)9-13-4-7-22-10-13/h4,7-8,10H,5-6,9H2,1-3H3,(H,17,19). The summed E-state index contributed by atoms with van der Waals surface area (Å²) in [5.41, 5.74) is 2.36. The second kappa shape index (κ2) is 7.38. The number of hydrogen-bond acceptors (Lipinski definition) is 4. The molecule has 0 spiro atoms. The van der Waals surface area contributed by atoms with E-state index in [0.29, 0.717) is 25.3 Å². The van der Waals surface area contributed by atoms with Crippen LogP contribution < -0.4 is 5.56 Å². The van der Waals surface area contributed by atoms with E-state index >= 15 is 0 Å². The number of nitrogens with one attached hydrogen (secondary N) is 1. The predicted octanol–water partition coefficient (Wildman–Crippen LogP) is 2.34. The average Bonchev–Trinajstić information content (AvgIpc) is 2.95. The van der Waals surface area contributed by atoms with Crippen LogP contribution >= 0.6 is 11.3 Å². The van der Waals surface area contributed by atoms with Gasteiger partial charge < -0.3 is 14.6 Å². The third-order valence-corrected chi connectivity index (χ3v) is 4.12. The normalized spacial score (nSPS) is 10.7. The van der Waals surface area contributed by atoms with Gasteiger partial charge in [0.15, 0.2) is 0 Å². The first-order valence-corrected chi connectivity index (χ1v) is 7.97. The van der Waals surface area contributed by atoms with E-state index in [-0.39, 0.29) is 17.0 Å². The maximum Gasteiger partial charge on any atom is 0.261 e. The van der Waals surface area contributed by atoms with E-state index in [1.807, 2.05) is 22.9 Å². The number of ether oxygens (including phenoxy) is 1. The Morgan fingerprint density at radius 1 is 1.41 bits per heavy atom. The van der Waals surface area contributed by atoms with Gasteiger partial charge in [-0.2, -0.15) is 11.3 Å². The fraction of sp³-hybridized carbons (Fsp3) is 0.375. The summed E-state index contributed by atoms with van der Waals surface area (Å²) in [5.74, 6) is -0.262. The lowest BCUT2D eigenvalue weighted by atomic mass is 10.1. The molecule has 0 bridgehead atoms. The molecule has 2 aromatic rings. The van der Waals surface area contributed by atoms with Crippen molar-refractivity contribution in [3.63, 3.8) is 0 Å². The summed E-state index contributed by atoms with van der Waals surface area (Å²) >= 11 is 1.58. The van der Waals surface area contributed by atoms with Crippen molar-refractivity contribution >= 4 is 17.2 Å². The number of nitrogens with zero attached hydrogens (tertiary/aromatic N) is 1. The highest BCUT2D eigenvalue weighted by Gasteiger charge is 2.21. The molecule has 2 rings (SSSR count). The van der Waals surface area contributed by atoms with Gasteiger partial charge in [0.05, 0.1) is 6.61 Å². The first kappa shape index (κ1) is 16.5. The van der Waals surface area contributed by atoms with Crippen molar-refractivity contribution in [2.45, 2.75) is 20.4 Å². The lowest BCUT2D eigenvalue weighted by Gasteiger charge is -2.22. The van der Waals surface area contributed by atoms with Crippen LogP contribution in [0.2, 0.25) is 0 Å². The monoisotopic (exact) mass is 320 g/mol. The van der Waals surface area contributed by atoms with Crippen molar-refractivity contribution in [2.75, 3.05) is 20.3 Å². The minimum Gasteiger partial charge on any atom is -0.383 e. The number of thiophene rings is 1. The highest BCUT2D eigenvalue weighted by atomic mass is 32.1. The van der Waals surface area contributed by atoms with E-state index in [2.05, 4.69) is 4.98 Å². The van der Waals surface area contributed by atoms with Crippen molar-refractivity contribution in [1.29, 1.82) is 0 Å². The summed E-state index contributed by atoms with van der Waals surface area (Å²) in [6.07, 6.45) is 0.